The van der Waals surface area contributed by atoms with Gasteiger partial charge in [0.25, 0.3) is 5.91 Å². The zero-order chi connectivity index (χ0) is 14.0. The number of aryl methyl sites for hydroxylation is 1. The van der Waals surface area contributed by atoms with Crippen molar-refractivity contribution in [3.8, 4) is 0 Å². The second-order valence-corrected chi connectivity index (χ2v) is 5.35. The first-order valence-electron chi connectivity index (χ1n) is 5.74. The number of likely N-dealkylation sites (N-methyl/N-ethyl adjacent to an activating group) is 1. The zero-order valence-electron chi connectivity index (χ0n) is 11.0. The maximum absolute atomic E-state index is 11.8. The summed E-state index contributed by atoms with van der Waals surface area (Å²) in [6.07, 6.45) is 0. The summed E-state index contributed by atoms with van der Waals surface area (Å²) in [5, 5.41) is 0.987. The highest BCUT2D eigenvalue weighted by Gasteiger charge is 2.13. The molecule has 0 spiro atoms. The van der Waals surface area contributed by atoms with Crippen LogP contribution in [-0.2, 0) is 14.3 Å². The molecule has 19 heavy (non-hydrogen) atoms. The Morgan fingerprint density at radius 3 is 2.84 bits per heavy atom. The van der Waals surface area contributed by atoms with E-state index < -0.39 is 5.97 Å². The van der Waals surface area contributed by atoms with Crippen molar-refractivity contribution in [3.63, 3.8) is 0 Å². The average molecular weight is 278 g/mol. The second-order valence-electron chi connectivity index (χ2n) is 4.12. The number of esters is 1. The number of rotatable bonds is 3. The van der Waals surface area contributed by atoms with Crippen molar-refractivity contribution in [2.45, 2.75) is 13.8 Å². The molecule has 6 heteroatoms. The van der Waals surface area contributed by atoms with Crippen molar-refractivity contribution in [1.82, 2.24) is 4.98 Å². The van der Waals surface area contributed by atoms with Crippen LogP contribution in [0.3, 0.4) is 0 Å². The molecule has 100 valence electrons. The Kier molecular flexibility index (Phi) is 3.80. The Morgan fingerprint density at radius 1 is 1.42 bits per heavy atom. The molecule has 0 aliphatic carbocycles. The van der Waals surface area contributed by atoms with E-state index in [0.717, 1.165) is 20.9 Å². The highest BCUT2D eigenvalue weighted by molar-refractivity contribution is 7.18. The van der Waals surface area contributed by atoms with Crippen LogP contribution in [0, 0.1) is 6.92 Å². The van der Waals surface area contributed by atoms with Crippen molar-refractivity contribution >= 4 is 39.1 Å². The molecule has 0 unspecified atom stereocenters. The predicted molar refractivity (Wildman–Crippen MR) is 74.4 cm³/mol. The second kappa shape index (κ2) is 5.36. The van der Waals surface area contributed by atoms with Gasteiger partial charge in [-0.05, 0) is 25.1 Å². The fraction of sp³-hybridized carbons (Fsp3) is 0.308. The minimum atomic E-state index is -0.463. The highest BCUT2D eigenvalue weighted by atomic mass is 32.1. The fourth-order valence-corrected chi connectivity index (χ4v) is 2.50. The lowest BCUT2D eigenvalue weighted by atomic mass is 10.3. The maximum Gasteiger partial charge on any atom is 0.303 e. The third-order valence-electron chi connectivity index (χ3n) is 2.64. The van der Waals surface area contributed by atoms with Gasteiger partial charge in [-0.3, -0.25) is 9.59 Å². The Labute approximate surface area is 114 Å². The summed E-state index contributed by atoms with van der Waals surface area (Å²) >= 11 is 1.58. The molecule has 0 saturated heterocycles. The van der Waals surface area contributed by atoms with Crippen LogP contribution >= 0.6 is 11.3 Å². The summed E-state index contributed by atoms with van der Waals surface area (Å²) in [5.74, 6) is -0.730. The third kappa shape index (κ3) is 3.08. The van der Waals surface area contributed by atoms with E-state index in [9.17, 15) is 9.59 Å². The van der Waals surface area contributed by atoms with Gasteiger partial charge < -0.3 is 9.64 Å². The zero-order valence-corrected chi connectivity index (χ0v) is 11.8. The Bertz CT molecular complexity index is 636. The van der Waals surface area contributed by atoms with E-state index in [1.807, 2.05) is 25.1 Å². The van der Waals surface area contributed by atoms with Gasteiger partial charge in [-0.25, -0.2) is 4.98 Å². The molecule has 0 atom stereocenters. The molecule has 1 aromatic heterocycles. The van der Waals surface area contributed by atoms with E-state index in [1.165, 1.54) is 11.8 Å². The lowest BCUT2D eigenvalue weighted by Crippen LogP contribution is -2.30. The van der Waals surface area contributed by atoms with Gasteiger partial charge in [0.15, 0.2) is 6.61 Å². The number of amides is 1. The van der Waals surface area contributed by atoms with Gasteiger partial charge in [-0.15, -0.1) is 11.3 Å². The summed E-state index contributed by atoms with van der Waals surface area (Å²) < 4.78 is 5.73. The van der Waals surface area contributed by atoms with Crippen LogP contribution in [0.2, 0.25) is 0 Å². The lowest BCUT2D eigenvalue weighted by Gasteiger charge is -2.16. The van der Waals surface area contributed by atoms with Crippen LogP contribution in [0.4, 0.5) is 5.69 Å². The topological polar surface area (TPSA) is 59.5 Å². The normalized spacial score (nSPS) is 10.5. The molecule has 0 fully saturated rings. The number of ether oxygens (including phenoxy) is 1. The molecule has 0 bridgehead atoms. The molecule has 1 amide bonds. The smallest absolute Gasteiger partial charge is 0.303 e. The molecule has 0 N–H and O–H groups in total. The van der Waals surface area contributed by atoms with Crippen molar-refractivity contribution < 1.29 is 14.3 Å². The molecule has 0 aliphatic heterocycles. The lowest BCUT2D eigenvalue weighted by molar-refractivity contribution is -0.145. The molecule has 0 saturated carbocycles. The third-order valence-corrected chi connectivity index (χ3v) is 3.57. The summed E-state index contributed by atoms with van der Waals surface area (Å²) in [6, 6.07) is 5.61. The molecule has 1 aromatic carbocycles. The standard InChI is InChI=1S/C13H14N2O3S/c1-8-14-11-5-4-10(6-12(11)19-8)15(3)13(17)7-18-9(2)16/h4-6H,7H2,1-3H3. The average Bonchev–Trinajstić information content (AvgIpc) is 2.73. The van der Waals surface area contributed by atoms with Crippen LogP contribution in [0.5, 0.6) is 0 Å². The fourth-order valence-electron chi connectivity index (χ4n) is 1.64. The van der Waals surface area contributed by atoms with E-state index in [2.05, 4.69) is 4.98 Å². The molecule has 2 aromatic rings. The summed E-state index contributed by atoms with van der Waals surface area (Å²) in [7, 11) is 1.65. The Morgan fingerprint density at radius 2 is 2.16 bits per heavy atom. The number of hydrogen-bond donors (Lipinski definition) is 0. The van der Waals surface area contributed by atoms with E-state index in [1.54, 1.807) is 18.4 Å². The summed E-state index contributed by atoms with van der Waals surface area (Å²) in [4.78, 5) is 28.3. The molecule has 0 aliphatic rings. The van der Waals surface area contributed by atoms with E-state index in [-0.39, 0.29) is 12.5 Å². The van der Waals surface area contributed by atoms with Gasteiger partial charge in [0.2, 0.25) is 0 Å². The van der Waals surface area contributed by atoms with Gasteiger partial charge in [0.05, 0.1) is 15.2 Å². The van der Waals surface area contributed by atoms with Crippen LogP contribution in [0.1, 0.15) is 11.9 Å². The number of carbonyl (C=O) groups is 2. The first kappa shape index (κ1) is 13.5. The predicted octanol–water partition coefficient (Wildman–Crippen LogP) is 2.13. The number of benzene rings is 1. The number of carbonyl (C=O) groups excluding carboxylic acids is 2. The van der Waals surface area contributed by atoms with Crippen molar-refractivity contribution in [2.75, 3.05) is 18.6 Å². The monoisotopic (exact) mass is 278 g/mol. The maximum atomic E-state index is 11.8. The molecular weight excluding hydrogens is 264 g/mol. The van der Waals surface area contributed by atoms with Crippen LogP contribution in [-0.4, -0.2) is 30.5 Å². The van der Waals surface area contributed by atoms with Crippen LogP contribution < -0.4 is 4.90 Å². The SMILES string of the molecule is CC(=O)OCC(=O)N(C)c1ccc2nc(C)sc2c1. The summed E-state index contributed by atoms with van der Waals surface area (Å²) in [6.45, 7) is 2.98. The largest absolute Gasteiger partial charge is 0.456 e. The number of hydrogen-bond acceptors (Lipinski definition) is 5. The summed E-state index contributed by atoms with van der Waals surface area (Å²) in [5.41, 5.74) is 1.68. The Balaban J connectivity index is 2.18. The highest BCUT2D eigenvalue weighted by Crippen LogP contribution is 2.26. The van der Waals surface area contributed by atoms with E-state index in [0.29, 0.717) is 0 Å². The molecular formula is C13H14N2O3S. The number of anilines is 1. The number of aromatic nitrogens is 1. The van der Waals surface area contributed by atoms with E-state index in [4.69, 9.17) is 4.74 Å². The number of fused-ring (bicyclic) bond motifs is 1. The molecule has 0 radical (unpaired) electrons. The Hall–Kier alpha value is -1.95. The first-order chi connectivity index (χ1) is 8.97. The van der Waals surface area contributed by atoms with Gasteiger partial charge in [-0.2, -0.15) is 0 Å². The molecule has 1 heterocycles. The van der Waals surface area contributed by atoms with Gasteiger partial charge in [0, 0.05) is 19.7 Å². The minimum absolute atomic E-state index is 0.244. The van der Waals surface area contributed by atoms with Gasteiger partial charge >= 0.3 is 5.97 Å². The van der Waals surface area contributed by atoms with Crippen molar-refractivity contribution in [1.29, 1.82) is 0 Å². The van der Waals surface area contributed by atoms with Crippen molar-refractivity contribution in [3.05, 3.63) is 23.2 Å². The van der Waals surface area contributed by atoms with Gasteiger partial charge in [-0.1, -0.05) is 0 Å². The van der Waals surface area contributed by atoms with Crippen LogP contribution in [0.15, 0.2) is 18.2 Å². The van der Waals surface area contributed by atoms with Crippen molar-refractivity contribution in [2.24, 2.45) is 0 Å². The molecule has 5 nitrogen and oxygen atoms in total. The van der Waals surface area contributed by atoms with E-state index >= 15 is 0 Å². The number of thiazole rings is 1. The van der Waals surface area contributed by atoms with Gasteiger partial charge in [0.1, 0.15) is 0 Å². The molecule has 2 rings (SSSR count). The number of nitrogens with zero attached hydrogens (tertiary/aromatic N) is 2. The van der Waals surface area contributed by atoms with Crippen LogP contribution in [0.25, 0.3) is 10.2 Å². The quantitative estimate of drug-likeness (QED) is 0.807. The first-order valence-corrected chi connectivity index (χ1v) is 6.56. The minimum Gasteiger partial charge on any atom is -0.456 e.